The Morgan fingerprint density at radius 3 is 2.75 bits per heavy atom. The van der Waals surface area contributed by atoms with Crippen LogP contribution in [0.4, 0.5) is 5.82 Å². The second-order valence-electron chi connectivity index (χ2n) is 5.42. The number of rotatable bonds is 5. The van der Waals surface area contributed by atoms with Crippen molar-refractivity contribution in [2.45, 2.75) is 26.7 Å². The van der Waals surface area contributed by atoms with Crippen molar-refractivity contribution in [2.24, 2.45) is 11.7 Å². The van der Waals surface area contributed by atoms with Crippen molar-refractivity contribution in [3.05, 3.63) is 23.4 Å². The minimum atomic E-state index is -0.406. The summed E-state index contributed by atoms with van der Waals surface area (Å²) in [5.41, 5.74) is 6.91. The molecule has 5 heteroatoms. The van der Waals surface area contributed by atoms with Crippen LogP contribution >= 0.6 is 0 Å². The predicted octanol–water partition coefficient (Wildman–Crippen LogP) is 1.31. The Hall–Kier alpha value is -1.62. The van der Waals surface area contributed by atoms with Gasteiger partial charge in [0.1, 0.15) is 5.82 Å². The number of nitrogens with two attached hydrogens (primary N) is 1. The summed E-state index contributed by atoms with van der Waals surface area (Å²) < 4.78 is 0. The molecule has 5 nitrogen and oxygen atoms in total. The maximum absolute atomic E-state index is 11.6. The van der Waals surface area contributed by atoms with Crippen molar-refractivity contribution in [2.75, 3.05) is 31.1 Å². The average molecular weight is 276 g/mol. The van der Waals surface area contributed by atoms with Crippen molar-refractivity contribution in [3.63, 3.8) is 0 Å². The fraction of sp³-hybridized carbons (Fsp3) is 0.600. The molecule has 1 aliphatic rings. The molecule has 0 spiro atoms. The molecule has 1 amide bonds. The van der Waals surface area contributed by atoms with E-state index >= 15 is 0 Å². The van der Waals surface area contributed by atoms with Crippen LogP contribution in [0.25, 0.3) is 0 Å². The normalized spacial score (nSPS) is 16.1. The molecular weight excluding hydrogens is 252 g/mol. The van der Waals surface area contributed by atoms with Gasteiger partial charge in [-0.05, 0) is 57.8 Å². The van der Waals surface area contributed by atoms with Crippen LogP contribution in [0.15, 0.2) is 12.1 Å². The number of carbonyl (C=O) groups excluding carboxylic acids is 1. The Labute approximate surface area is 120 Å². The van der Waals surface area contributed by atoms with Crippen molar-refractivity contribution in [1.29, 1.82) is 0 Å². The predicted molar refractivity (Wildman–Crippen MR) is 81.0 cm³/mol. The Morgan fingerprint density at radius 1 is 1.45 bits per heavy atom. The van der Waals surface area contributed by atoms with Gasteiger partial charge in [0.25, 0.3) is 5.91 Å². The Kier molecular flexibility index (Phi) is 4.95. The molecule has 1 aromatic rings. The van der Waals surface area contributed by atoms with Gasteiger partial charge >= 0.3 is 0 Å². The molecule has 0 unspecified atom stereocenters. The largest absolute Gasteiger partial charge is 0.365 e. The third-order valence-electron chi connectivity index (χ3n) is 3.90. The molecule has 0 saturated carbocycles. The molecule has 0 bridgehead atoms. The van der Waals surface area contributed by atoms with Crippen LogP contribution in [-0.2, 0) is 0 Å². The van der Waals surface area contributed by atoms with E-state index in [1.165, 1.54) is 12.8 Å². The van der Waals surface area contributed by atoms with E-state index in [1.54, 1.807) is 6.07 Å². The van der Waals surface area contributed by atoms with Gasteiger partial charge in [0.15, 0.2) is 0 Å². The molecule has 0 aliphatic carbocycles. The molecular formula is C15H24N4O. The van der Waals surface area contributed by atoms with Gasteiger partial charge in [0.2, 0.25) is 0 Å². The molecule has 0 atom stereocenters. The highest BCUT2D eigenvalue weighted by Gasteiger charge is 2.20. The molecule has 20 heavy (non-hydrogen) atoms. The molecule has 2 heterocycles. The quantitative estimate of drug-likeness (QED) is 0.850. The number of hydrogen-bond donors (Lipinski definition) is 2. The number of aryl methyl sites for hydroxylation is 1. The number of nitrogens with zero attached hydrogens (tertiary/aromatic N) is 2. The van der Waals surface area contributed by atoms with Crippen LogP contribution in [0.2, 0.25) is 0 Å². The second kappa shape index (κ2) is 6.70. The third kappa shape index (κ3) is 3.48. The van der Waals surface area contributed by atoms with E-state index in [1.807, 2.05) is 13.0 Å². The van der Waals surface area contributed by atoms with Gasteiger partial charge in [-0.2, -0.15) is 0 Å². The van der Waals surface area contributed by atoms with Gasteiger partial charge in [-0.1, -0.05) is 0 Å². The summed E-state index contributed by atoms with van der Waals surface area (Å²) >= 11 is 0. The highest BCUT2D eigenvalue weighted by atomic mass is 16.1. The molecule has 110 valence electrons. The summed E-state index contributed by atoms with van der Waals surface area (Å²) in [6.45, 7) is 7.95. The van der Waals surface area contributed by atoms with Gasteiger partial charge in [-0.3, -0.25) is 4.79 Å². The number of amides is 1. The Bertz CT molecular complexity index is 469. The lowest BCUT2D eigenvalue weighted by Gasteiger charge is -2.31. The fourth-order valence-electron chi connectivity index (χ4n) is 2.72. The zero-order valence-corrected chi connectivity index (χ0v) is 12.4. The van der Waals surface area contributed by atoms with Crippen LogP contribution in [0, 0.1) is 12.8 Å². The van der Waals surface area contributed by atoms with Gasteiger partial charge in [0.05, 0.1) is 5.56 Å². The lowest BCUT2D eigenvalue weighted by atomic mass is 9.97. The van der Waals surface area contributed by atoms with E-state index in [2.05, 4.69) is 22.1 Å². The average Bonchev–Trinajstić information content (AvgIpc) is 2.45. The Morgan fingerprint density at radius 2 is 2.15 bits per heavy atom. The number of hydrogen-bond acceptors (Lipinski definition) is 4. The molecule has 3 N–H and O–H groups in total. The number of primary amides is 1. The monoisotopic (exact) mass is 276 g/mol. The second-order valence-corrected chi connectivity index (χ2v) is 5.42. The van der Waals surface area contributed by atoms with Gasteiger partial charge in [-0.25, -0.2) is 4.98 Å². The first kappa shape index (κ1) is 14.8. The highest BCUT2D eigenvalue weighted by Crippen LogP contribution is 2.22. The smallest absolute Gasteiger partial charge is 0.252 e. The first-order chi connectivity index (χ1) is 9.61. The molecule has 0 aromatic carbocycles. The SMILES string of the molecule is CCN(CC1CCNCC1)c1nc(C)ccc1C(N)=O. The van der Waals surface area contributed by atoms with E-state index in [0.29, 0.717) is 11.5 Å². The zero-order chi connectivity index (χ0) is 14.5. The molecule has 0 radical (unpaired) electrons. The Balaban J connectivity index is 2.21. The van der Waals surface area contributed by atoms with Crippen molar-refractivity contribution < 1.29 is 4.79 Å². The van der Waals surface area contributed by atoms with Gasteiger partial charge < -0.3 is 16.0 Å². The van der Waals surface area contributed by atoms with Gasteiger partial charge in [-0.15, -0.1) is 0 Å². The molecule has 1 saturated heterocycles. The van der Waals surface area contributed by atoms with Crippen LogP contribution in [0.1, 0.15) is 35.8 Å². The zero-order valence-electron chi connectivity index (χ0n) is 12.4. The summed E-state index contributed by atoms with van der Waals surface area (Å²) in [5, 5.41) is 3.38. The first-order valence-electron chi connectivity index (χ1n) is 7.35. The summed E-state index contributed by atoms with van der Waals surface area (Å²) in [6, 6.07) is 3.62. The van der Waals surface area contributed by atoms with Crippen LogP contribution < -0.4 is 16.0 Å². The number of nitrogens with one attached hydrogen (secondary N) is 1. The molecule has 1 aliphatic heterocycles. The van der Waals surface area contributed by atoms with Crippen molar-refractivity contribution >= 4 is 11.7 Å². The molecule has 1 fully saturated rings. The number of carbonyl (C=O) groups is 1. The number of piperidine rings is 1. The van der Waals surface area contributed by atoms with E-state index in [-0.39, 0.29) is 0 Å². The number of aromatic nitrogens is 1. The van der Waals surface area contributed by atoms with Crippen LogP contribution in [0.3, 0.4) is 0 Å². The summed E-state index contributed by atoms with van der Waals surface area (Å²) in [7, 11) is 0. The highest BCUT2D eigenvalue weighted by molar-refractivity contribution is 5.97. The minimum Gasteiger partial charge on any atom is -0.365 e. The summed E-state index contributed by atoms with van der Waals surface area (Å²) in [6.07, 6.45) is 2.35. The fourth-order valence-corrected chi connectivity index (χ4v) is 2.72. The van der Waals surface area contributed by atoms with Crippen molar-refractivity contribution in [3.8, 4) is 0 Å². The van der Waals surface area contributed by atoms with Crippen molar-refractivity contribution in [1.82, 2.24) is 10.3 Å². The number of pyridine rings is 1. The first-order valence-corrected chi connectivity index (χ1v) is 7.35. The van der Waals surface area contributed by atoms with E-state index in [4.69, 9.17) is 5.73 Å². The lowest BCUT2D eigenvalue weighted by molar-refractivity contribution is 0.100. The topological polar surface area (TPSA) is 71.2 Å². The lowest BCUT2D eigenvalue weighted by Crippen LogP contribution is -2.37. The number of anilines is 1. The summed E-state index contributed by atoms with van der Waals surface area (Å²) in [4.78, 5) is 18.3. The minimum absolute atomic E-state index is 0.406. The third-order valence-corrected chi connectivity index (χ3v) is 3.90. The van der Waals surface area contributed by atoms with E-state index in [9.17, 15) is 4.79 Å². The molecule has 2 rings (SSSR count). The maximum Gasteiger partial charge on any atom is 0.252 e. The summed E-state index contributed by atoms with van der Waals surface area (Å²) in [5.74, 6) is 0.981. The van der Waals surface area contributed by atoms with Gasteiger partial charge in [0, 0.05) is 18.8 Å². The maximum atomic E-state index is 11.6. The van der Waals surface area contributed by atoms with Crippen LogP contribution in [0.5, 0.6) is 0 Å². The van der Waals surface area contributed by atoms with E-state index in [0.717, 1.165) is 37.7 Å². The van der Waals surface area contributed by atoms with Crippen LogP contribution in [-0.4, -0.2) is 37.1 Å². The van der Waals surface area contributed by atoms with E-state index < -0.39 is 5.91 Å². The molecule has 1 aromatic heterocycles. The standard InChI is InChI=1S/C15H24N4O/c1-3-19(10-12-6-8-17-9-7-12)15-13(14(16)20)5-4-11(2)18-15/h4-5,12,17H,3,6-10H2,1-2H3,(H2,16,20).